The van der Waals surface area contributed by atoms with Crippen LogP contribution in [0.5, 0.6) is 0 Å². The summed E-state index contributed by atoms with van der Waals surface area (Å²) in [4.78, 5) is 10.4. The Morgan fingerprint density at radius 1 is 2.00 bits per heavy atom. The molecule has 4 nitrogen and oxygen atoms in total. The van der Waals surface area contributed by atoms with Crippen LogP contribution in [0.25, 0.3) is 6.20 Å². The van der Waals surface area contributed by atoms with Crippen LogP contribution in [0.15, 0.2) is 17.7 Å². The highest BCUT2D eigenvalue weighted by atomic mass is 16.1. The largest absolute Gasteiger partial charge is 0.347 e. The van der Waals surface area contributed by atoms with E-state index in [2.05, 4.69) is 16.8 Å². The SMILES string of the molecule is C=Cn1cn[nH]c1=O. The summed E-state index contributed by atoms with van der Waals surface area (Å²) < 4.78 is 1.25. The van der Waals surface area contributed by atoms with E-state index in [9.17, 15) is 4.79 Å². The van der Waals surface area contributed by atoms with E-state index in [-0.39, 0.29) is 5.69 Å². The standard InChI is InChI=1S/C4H5N3O/c1-2-7-3-5-6-4(7)8/h2-3H,1H2,(H,6,8). The fourth-order valence-corrected chi connectivity index (χ4v) is 0.387. The van der Waals surface area contributed by atoms with Gasteiger partial charge in [0.1, 0.15) is 6.33 Å². The molecule has 0 spiro atoms. The first kappa shape index (κ1) is 4.83. The fourth-order valence-electron chi connectivity index (χ4n) is 0.387. The Kier molecular flexibility index (Phi) is 0.997. The average Bonchev–Trinajstić information content (AvgIpc) is 2.14. The molecule has 42 valence electrons. The summed E-state index contributed by atoms with van der Waals surface area (Å²) in [6.07, 6.45) is 2.74. The smallest absolute Gasteiger partial charge is 0.257 e. The van der Waals surface area contributed by atoms with Gasteiger partial charge in [-0.15, -0.1) is 0 Å². The Balaban J connectivity index is 3.30. The van der Waals surface area contributed by atoms with E-state index in [1.165, 1.54) is 17.1 Å². The third-order valence-corrected chi connectivity index (χ3v) is 0.774. The van der Waals surface area contributed by atoms with Gasteiger partial charge in [-0.3, -0.25) is 4.57 Å². The molecular formula is C4H5N3O. The maximum Gasteiger partial charge on any atom is 0.347 e. The number of aromatic amines is 1. The molecule has 0 radical (unpaired) electrons. The van der Waals surface area contributed by atoms with Crippen molar-refractivity contribution >= 4 is 6.20 Å². The van der Waals surface area contributed by atoms with E-state index in [4.69, 9.17) is 0 Å². The monoisotopic (exact) mass is 111 g/mol. The zero-order valence-electron chi connectivity index (χ0n) is 4.16. The van der Waals surface area contributed by atoms with Crippen molar-refractivity contribution in [1.82, 2.24) is 14.8 Å². The molecule has 0 aliphatic heterocycles. The van der Waals surface area contributed by atoms with Crippen molar-refractivity contribution in [2.24, 2.45) is 0 Å². The maximum absolute atomic E-state index is 10.4. The molecule has 1 aromatic heterocycles. The van der Waals surface area contributed by atoms with E-state index < -0.39 is 0 Å². The van der Waals surface area contributed by atoms with Gasteiger partial charge in [0, 0.05) is 6.20 Å². The lowest BCUT2D eigenvalue weighted by molar-refractivity contribution is 1.03. The van der Waals surface area contributed by atoms with Crippen molar-refractivity contribution in [3.05, 3.63) is 23.4 Å². The first-order chi connectivity index (χ1) is 3.84. The van der Waals surface area contributed by atoms with Gasteiger partial charge in [0.15, 0.2) is 0 Å². The molecule has 1 aromatic rings. The Hall–Kier alpha value is -1.32. The summed E-state index contributed by atoms with van der Waals surface area (Å²) in [5, 5.41) is 5.65. The van der Waals surface area contributed by atoms with Crippen LogP contribution in [0.4, 0.5) is 0 Å². The van der Waals surface area contributed by atoms with Crippen molar-refractivity contribution in [3.8, 4) is 0 Å². The number of nitrogens with zero attached hydrogens (tertiary/aromatic N) is 2. The lowest BCUT2D eigenvalue weighted by Crippen LogP contribution is -2.09. The van der Waals surface area contributed by atoms with Crippen molar-refractivity contribution in [3.63, 3.8) is 0 Å². The minimum absolute atomic E-state index is 0.264. The molecule has 4 heteroatoms. The van der Waals surface area contributed by atoms with E-state index in [1.807, 2.05) is 0 Å². The molecule has 8 heavy (non-hydrogen) atoms. The zero-order chi connectivity index (χ0) is 5.98. The van der Waals surface area contributed by atoms with Gasteiger partial charge in [-0.25, -0.2) is 9.89 Å². The molecular weight excluding hydrogens is 106 g/mol. The summed E-state index contributed by atoms with van der Waals surface area (Å²) in [7, 11) is 0. The summed E-state index contributed by atoms with van der Waals surface area (Å²) in [6.45, 7) is 3.37. The predicted octanol–water partition coefficient (Wildman–Crippen LogP) is -0.328. The van der Waals surface area contributed by atoms with Crippen LogP contribution in [0.1, 0.15) is 0 Å². The van der Waals surface area contributed by atoms with Gasteiger partial charge in [-0.2, -0.15) is 5.10 Å². The average molecular weight is 111 g/mol. The van der Waals surface area contributed by atoms with Gasteiger partial charge in [0.05, 0.1) is 0 Å². The van der Waals surface area contributed by atoms with Gasteiger partial charge in [-0.05, 0) is 0 Å². The molecule has 1 rings (SSSR count). The van der Waals surface area contributed by atoms with E-state index in [0.717, 1.165) is 0 Å². The van der Waals surface area contributed by atoms with Crippen LogP contribution in [-0.2, 0) is 0 Å². The number of nitrogens with one attached hydrogen (secondary N) is 1. The predicted molar refractivity (Wildman–Crippen MR) is 29.2 cm³/mol. The second-order valence-electron chi connectivity index (χ2n) is 1.25. The van der Waals surface area contributed by atoms with Crippen molar-refractivity contribution in [2.75, 3.05) is 0 Å². The Morgan fingerprint density at radius 2 is 2.75 bits per heavy atom. The summed E-state index contributed by atoms with van der Waals surface area (Å²) in [5.41, 5.74) is -0.264. The fraction of sp³-hybridized carbons (Fsp3) is 0. The Morgan fingerprint density at radius 3 is 3.00 bits per heavy atom. The molecule has 0 saturated carbocycles. The molecule has 0 aliphatic rings. The van der Waals surface area contributed by atoms with Gasteiger partial charge in [-0.1, -0.05) is 6.58 Å². The summed E-state index contributed by atoms with van der Waals surface area (Å²) >= 11 is 0. The lowest BCUT2D eigenvalue weighted by atomic mass is 10.9. The molecule has 0 unspecified atom stereocenters. The molecule has 0 bridgehead atoms. The number of rotatable bonds is 1. The molecule has 0 aliphatic carbocycles. The first-order valence-corrected chi connectivity index (χ1v) is 2.08. The third-order valence-electron chi connectivity index (χ3n) is 0.774. The van der Waals surface area contributed by atoms with Crippen LogP contribution in [-0.4, -0.2) is 14.8 Å². The molecule has 1 heterocycles. The van der Waals surface area contributed by atoms with Crippen LogP contribution in [0.2, 0.25) is 0 Å². The quantitative estimate of drug-likeness (QED) is 0.539. The maximum atomic E-state index is 10.4. The third kappa shape index (κ3) is 0.556. The molecule has 0 saturated heterocycles. The van der Waals surface area contributed by atoms with E-state index in [1.54, 1.807) is 0 Å². The Labute approximate surface area is 45.5 Å². The zero-order valence-corrected chi connectivity index (χ0v) is 4.16. The number of hydrogen-bond donors (Lipinski definition) is 1. The number of H-pyrrole nitrogens is 1. The number of hydrogen-bond acceptors (Lipinski definition) is 2. The van der Waals surface area contributed by atoms with Crippen LogP contribution in [0.3, 0.4) is 0 Å². The van der Waals surface area contributed by atoms with Crippen LogP contribution in [0, 0.1) is 0 Å². The summed E-state index contributed by atoms with van der Waals surface area (Å²) in [6, 6.07) is 0. The molecule has 0 aromatic carbocycles. The van der Waals surface area contributed by atoms with Gasteiger partial charge >= 0.3 is 5.69 Å². The number of aromatic nitrogens is 3. The molecule has 0 amide bonds. The van der Waals surface area contributed by atoms with Gasteiger partial charge in [0.25, 0.3) is 0 Å². The highest BCUT2D eigenvalue weighted by molar-refractivity contribution is 5.12. The molecule has 0 atom stereocenters. The molecule has 1 N–H and O–H groups in total. The lowest BCUT2D eigenvalue weighted by Gasteiger charge is -1.78. The van der Waals surface area contributed by atoms with Crippen molar-refractivity contribution in [2.45, 2.75) is 0 Å². The van der Waals surface area contributed by atoms with Crippen LogP contribution >= 0.6 is 0 Å². The highest BCUT2D eigenvalue weighted by Gasteiger charge is 1.85. The van der Waals surface area contributed by atoms with Crippen molar-refractivity contribution < 1.29 is 0 Å². The Bertz CT molecular complexity index is 233. The normalized spacial score (nSPS) is 9.00. The second kappa shape index (κ2) is 1.65. The molecule has 0 fully saturated rings. The van der Waals surface area contributed by atoms with Crippen molar-refractivity contribution in [1.29, 1.82) is 0 Å². The first-order valence-electron chi connectivity index (χ1n) is 2.08. The van der Waals surface area contributed by atoms with E-state index in [0.29, 0.717) is 0 Å². The van der Waals surface area contributed by atoms with Gasteiger partial charge < -0.3 is 0 Å². The minimum Gasteiger partial charge on any atom is -0.257 e. The highest BCUT2D eigenvalue weighted by Crippen LogP contribution is 1.69. The van der Waals surface area contributed by atoms with Crippen LogP contribution < -0.4 is 5.69 Å². The van der Waals surface area contributed by atoms with E-state index >= 15 is 0 Å². The second-order valence-corrected chi connectivity index (χ2v) is 1.25. The topological polar surface area (TPSA) is 50.7 Å². The summed E-state index contributed by atoms with van der Waals surface area (Å²) in [5.74, 6) is 0. The minimum atomic E-state index is -0.264. The van der Waals surface area contributed by atoms with Gasteiger partial charge in [0.2, 0.25) is 0 Å².